The molecule has 2 aromatic rings. The van der Waals surface area contributed by atoms with Crippen LogP contribution in [0.5, 0.6) is 0 Å². The second kappa shape index (κ2) is 10.1. The van der Waals surface area contributed by atoms with E-state index in [-0.39, 0.29) is 37.9 Å². The van der Waals surface area contributed by atoms with Crippen LogP contribution in [0, 0.1) is 5.92 Å². The van der Waals surface area contributed by atoms with Crippen LogP contribution in [0.25, 0.3) is 11.1 Å². The molecule has 31 heavy (non-hydrogen) atoms. The number of carbonyl (C=O) groups is 3. The maximum Gasteiger partial charge on any atom is 0.407 e. The number of carboxylic acids is 1. The molecule has 3 rings (SSSR count). The third kappa shape index (κ3) is 5.23. The summed E-state index contributed by atoms with van der Waals surface area (Å²) < 4.78 is 5.50. The molecule has 0 spiro atoms. The fourth-order valence-corrected chi connectivity index (χ4v) is 3.95. The molecule has 0 bridgehead atoms. The Kier molecular flexibility index (Phi) is 7.28. The van der Waals surface area contributed by atoms with E-state index in [1.165, 1.54) is 4.90 Å². The van der Waals surface area contributed by atoms with Gasteiger partial charge in [0.2, 0.25) is 5.91 Å². The van der Waals surface area contributed by atoms with E-state index in [2.05, 4.69) is 29.6 Å². The SMILES string of the molecule is CCC(CNC(=O)OCC1c2ccccc2-c2ccccc21)C(=O)N(C)CCC(=O)O. The fourth-order valence-electron chi connectivity index (χ4n) is 3.95. The lowest BCUT2D eigenvalue weighted by molar-refractivity contribution is -0.139. The molecule has 164 valence electrons. The number of ether oxygens (including phenoxy) is 1. The first-order valence-corrected chi connectivity index (χ1v) is 10.5. The molecule has 2 aromatic carbocycles. The van der Waals surface area contributed by atoms with Crippen LogP contribution in [0.2, 0.25) is 0 Å². The van der Waals surface area contributed by atoms with Crippen molar-refractivity contribution in [2.75, 3.05) is 26.7 Å². The zero-order valence-electron chi connectivity index (χ0n) is 17.8. The van der Waals surface area contributed by atoms with Crippen molar-refractivity contribution in [1.29, 1.82) is 0 Å². The summed E-state index contributed by atoms with van der Waals surface area (Å²) in [5.41, 5.74) is 4.60. The highest BCUT2D eigenvalue weighted by Crippen LogP contribution is 2.44. The standard InChI is InChI=1S/C24H28N2O5/c1-3-16(23(29)26(2)13-12-22(27)28)14-25-24(30)31-15-21-19-10-6-4-8-17(19)18-9-5-7-11-20(18)21/h4-11,16,21H,3,12-15H2,1-2H3,(H,25,30)(H,27,28). The molecule has 1 unspecified atom stereocenters. The second-order valence-electron chi connectivity index (χ2n) is 7.72. The molecule has 1 aliphatic carbocycles. The van der Waals surface area contributed by atoms with E-state index in [4.69, 9.17) is 9.84 Å². The summed E-state index contributed by atoms with van der Waals surface area (Å²) in [6.45, 7) is 2.34. The van der Waals surface area contributed by atoms with E-state index in [0.717, 1.165) is 22.3 Å². The van der Waals surface area contributed by atoms with Gasteiger partial charge in [0.05, 0.1) is 12.3 Å². The maximum absolute atomic E-state index is 12.5. The molecule has 7 nitrogen and oxygen atoms in total. The van der Waals surface area contributed by atoms with Crippen molar-refractivity contribution in [3.8, 4) is 11.1 Å². The predicted molar refractivity (Wildman–Crippen MR) is 117 cm³/mol. The van der Waals surface area contributed by atoms with Gasteiger partial charge in [-0.2, -0.15) is 0 Å². The lowest BCUT2D eigenvalue weighted by atomic mass is 9.98. The van der Waals surface area contributed by atoms with Crippen molar-refractivity contribution < 1.29 is 24.2 Å². The zero-order chi connectivity index (χ0) is 22.4. The molecule has 0 heterocycles. The Balaban J connectivity index is 1.54. The Morgan fingerprint density at radius 1 is 1.06 bits per heavy atom. The summed E-state index contributed by atoms with van der Waals surface area (Å²) in [6.07, 6.45) is -0.153. The van der Waals surface area contributed by atoms with Crippen LogP contribution in [-0.2, 0) is 14.3 Å². The van der Waals surface area contributed by atoms with Gasteiger partial charge in [-0.3, -0.25) is 9.59 Å². The maximum atomic E-state index is 12.5. The topological polar surface area (TPSA) is 95.9 Å². The van der Waals surface area contributed by atoms with E-state index in [1.807, 2.05) is 31.2 Å². The number of hydrogen-bond acceptors (Lipinski definition) is 4. The van der Waals surface area contributed by atoms with E-state index in [0.29, 0.717) is 6.42 Å². The Morgan fingerprint density at radius 3 is 2.19 bits per heavy atom. The number of amides is 2. The average Bonchev–Trinajstić information content (AvgIpc) is 3.10. The third-order valence-corrected chi connectivity index (χ3v) is 5.72. The van der Waals surface area contributed by atoms with Gasteiger partial charge in [0.1, 0.15) is 6.61 Å². The highest BCUT2D eigenvalue weighted by Gasteiger charge is 2.29. The second-order valence-corrected chi connectivity index (χ2v) is 7.72. The Hall–Kier alpha value is -3.35. The Bertz CT molecular complexity index is 913. The predicted octanol–water partition coefficient (Wildman–Crippen LogP) is 3.48. The zero-order valence-corrected chi connectivity index (χ0v) is 17.8. The molecule has 0 saturated carbocycles. The van der Waals surface area contributed by atoms with Crippen LogP contribution in [0.4, 0.5) is 4.79 Å². The average molecular weight is 424 g/mol. The van der Waals surface area contributed by atoms with Gasteiger partial charge in [0, 0.05) is 26.1 Å². The van der Waals surface area contributed by atoms with Gasteiger partial charge < -0.3 is 20.1 Å². The number of carbonyl (C=O) groups excluding carboxylic acids is 2. The summed E-state index contributed by atoms with van der Waals surface area (Å²) in [6, 6.07) is 16.2. The summed E-state index contributed by atoms with van der Waals surface area (Å²) in [7, 11) is 1.57. The van der Waals surface area contributed by atoms with Gasteiger partial charge in [-0.1, -0.05) is 55.5 Å². The van der Waals surface area contributed by atoms with E-state index < -0.39 is 18.0 Å². The van der Waals surface area contributed by atoms with Gasteiger partial charge in [-0.25, -0.2) is 4.79 Å². The Labute approximate surface area is 182 Å². The van der Waals surface area contributed by atoms with Crippen LogP contribution in [0.15, 0.2) is 48.5 Å². The number of alkyl carbamates (subject to hydrolysis) is 1. The molecular weight excluding hydrogens is 396 g/mol. The van der Waals surface area contributed by atoms with Gasteiger partial charge >= 0.3 is 12.1 Å². The highest BCUT2D eigenvalue weighted by atomic mass is 16.5. The van der Waals surface area contributed by atoms with Gasteiger partial charge in [0.15, 0.2) is 0 Å². The summed E-state index contributed by atoms with van der Waals surface area (Å²) in [4.78, 5) is 36.9. The van der Waals surface area contributed by atoms with Crippen molar-refractivity contribution in [3.63, 3.8) is 0 Å². The molecule has 0 saturated heterocycles. The van der Waals surface area contributed by atoms with Crippen molar-refractivity contribution >= 4 is 18.0 Å². The van der Waals surface area contributed by atoms with Crippen molar-refractivity contribution in [3.05, 3.63) is 59.7 Å². The number of aliphatic carboxylic acids is 1. The monoisotopic (exact) mass is 424 g/mol. The molecule has 0 aromatic heterocycles. The molecule has 1 aliphatic rings. The molecule has 0 fully saturated rings. The first-order valence-electron chi connectivity index (χ1n) is 10.5. The number of nitrogens with zero attached hydrogens (tertiary/aromatic N) is 1. The quantitative estimate of drug-likeness (QED) is 0.642. The summed E-state index contributed by atoms with van der Waals surface area (Å²) in [5.74, 6) is -1.60. The number of rotatable bonds is 9. The molecule has 2 amide bonds. The summed E-state index contributed by atoms with van der Waals surface area (Å²) >= 11 is 0. The van der Waals surface area contributed by atoms with Crippen LogP contribution in [0.1, 0.15) is 36.8 Å². The van der Waals surface area contributed by atoms with Crippen molar-refractivity contribution in [2.24, 2.45) is 5.92 Å². The number of fused-ring (bicyclic) bond motifs is 3. The smallest absolute Gasteiger partial charge is 0.407 e. The largest absolute Gasteiger partial charge is 0.481 e. The van der Waals surface area contributed by atoms with Crippen LogP contribution in [0.3, 0.4) is 0 Å². The lowest BCUT2D eigenvalue weighted by Gasteiger charge is -2.23. The number of hydrogen-bond donors (Lipinski definition) is 2. The minimum atomic E-state index is -0.954. The fraction of sp³-hybridized carbons (Fsp3) is 0.375. The van der Waals surface area contributed by atoms with Gasteiger partial charge in [-0.05, 0) is 28.7 Å². The summed E-state index contributed by atoms with van der Waals surface area (Å²) in [5, 5.41) is 11.5. The molecule has 1 atom stereocenters. The van der Waals surface area contributed by atoms with Crippen molar-refractivity contribution in [2.45, 2.75) is 25.7 Å². The van der Waals surface area contributed by atoms with Crippen LogP contribution < -0.4 is 5.32 Å². The third-order valence-electron chi connectivity index (χ3n) is 5.72. The number of nitrogens with one attached hydrogen (secondary N) is 1. The normalized spacial score (nSPS) is 13.1. The van der Waals surface area contributed by atoms with Crippen molar-refractivity contribution in [1.82, 2.24) is 10.2 Å². The molecular formula is C24H28N2O5. The van der Waals surface area contributed by atoms with E-state index in [9.17, 15) is 14.4 Å². The van der Waals surface area contributed by atoms with E-state index in [1.54, 1.807) is 7.05 Å². The minimum Gasteiger partial charge on any atom is -0.481 e. The molecule has 0 aliphatic heterocycles. The highest BCUT2D eigenvalue weighted by molar-refractivity contribution is 5.80. The first-order chi connectivity index (χ1) is 14.9. The van der Waals surface area contributed by atoms with E-state index >= 15 is 0 Å². The molecule has 0 radical (unpaired) electrons. The van der Waals surface area contributed by atoms with Crippen LogP contribution >= 0.6 is 0 Å². The van der Waals surface area contributed by atoms with Crippen LogP contribution in [-0.4, -0.2) is 54.7 Å². The molecule has 7 heteroatoms. The number of carboxylic acid groups (broad SMARTS) is 1. The lowest BCUT2D eigenvalue weighted by Crippen LogP contribution is -2.40. The minimum absolute atomic E-state index is 0.0242. The van der Waals surface area contributed by atoms with Gasteiger partial charge in [-0.15, -0.1) is 0 Å². The number of benzene rings is 2. The first kappa shape index (κ1) is 22.3. The molecule has 2 N–H and O–H groups in total. The Morgan fingerprint density at radius 2 is 1.65 bits per heavy atom. The van der Waals surface area contributed by atoms with Gasteiger partial charge in [0.25, 0.3) is 0 Å².